The summed E-state index contributed by atoms with van der Waals surface area (Å²) < 4.78 is 0. The minimum absolute atomic E-state index is 0. The minimum atomic E-state index is 0. The molecule has 0 bridgehead atoms. The van der Waals surface area contributed by atoms with Crippen molar-refractivity contribution in [3.63, 3.8) is 0 Å². The third kappa shape index (κ3) is 6.72. The first-order chi connectivity index (χ1) is 3.80. The van der Waals surface area contributed by atoms with E-state index in [0.717, 1.165) is 22.9 Å². The van der Waals surface area contributed by atoms with Crippen LogP contribution in [0, 0.1) is 0 Å². The molecular formula is C6H8Cl4Pt. The maximum absolute atomic E-state index is 5.71. The summed E-state index contributed by atoms with van der Waals surface area (Å²) in [5, 5.41) is 1.75. The fraction of sp³-hybridized carbons (Fsp3) is 0.667. The molecule has 1 rings (SSSR count). The van der Waals surface area contributed by atoms with Crippen molar-refractivity contribution in [1.82, 2.24) is 0 Å². The van der Waals surface area contributed by atoms with Crippen LogP contribution in [0.2, 0.25) is 0 Å². The van der Waals surface area contributed by atoms with Gasteiger partial charge in [0, 0.05) is 10.1 Å². The first kappa shape index (κ1) is 18.4. The van der Waals surface area contributed by atoms with E-state index in [4.69, 9.17) is 23.2 Å². The Morgan fingerprint density at radius 3 is 1.27 bits per heavy atom. The zero-order chi connectivity index (χ0) is 5.98. The molecule has 1 aliphatic carbocycles. The second-order valence-electron chi connectivity index (χ2n) is 2.02. The van der Waals surface area contributed by atoms with Gasteiger partial charge in [-0.25, -0.2) is 0 Å². The van der Waals surface area contributed by atoms with E-state index in [1.807, 2.05) is 0 Å². The van der Waals surface area contributed by atoms with Gasteiger partial charge in [0.2, 0.25) is 0 Å². The van der Waals surface area contributed by atoms with Gasteiger partial charge in [0.05, 0.1) is 0 Å². The normalized spacial score (nSPS) is 15.8. The van der Waals surface area contributed by atoms with E-state index in [2.05, 4.69) is 0 Å². The Labute approximate surface area is 104 Å². The smallest absolute Gasteiger partial charge is 1.00 e. The van der Waals surface area contributed by atoms with Crippen molar-refractivity contribution in [2.24, 2.45) is 0 Å². The molecule has 0 nitrogen and oxygen atoms in total. The largest absolute Gasteiger partial charge is 2.00 e. The van der Waals surface area contributed by atoms with Crippen LogP contribution in [0.4, 0.5) is 0 Å². The monoisotopic (exact) mass is 415 g/mol. The number of halogens is 4. The van der Waals surface area contributed by atoms with E-state index >= 15 is 0 Å². The summed E-state index contributed by atoms with van der Waals surface area (Å²) in [6, 6.07) is 0. The summed E-state index contributed by atoms with van der Waals surface area (Å²) in [7, 11) is 0. The Hall–Kier alpha value is 1.59. The first-order valence-corrected chi connectivity index (χ1v) is 3.59. The molecule has 0 amide bonds. The van der Waals surface area contributed by atoms with Gasteiger partial charge in [-0.15, -0.1) is 0 Å². The van der Waals surface area contributed by atoms with Gasteiger partial charge in [0.1, 0.15) is 0 Å². The molecule has 0 heterocycles. The van der Waals surface area contributed by atoms with Crippen LogP contribution in [0.25, 0.3) is 0 Å². The predicted molar refractivity (Wildman–Crippen MR) is 37.2 cm³/mol. The molecule has 5 heteroatoms. The summed E-state index contributed by atoms with van der Waals surface area (Å²) in [4.78, 5) is 0. The van der Waals surface area contributed by atoms with Gasteiger partial charge in [0.25, 0.3) is 0 Å². The quantitative estimate of drug-likeness (QED) is 0.402. The Morgan fingerprint density at radius 1 is 0.818 bits per heavy atom. The molecule has 0 aromatic heterocycles. The van der Waals surface area contributed by atoms with Gasteiger partial charge in [-0.3, -0.25) is 0 Å². The summed E-state index contributed by atoms with van der Waals surface area (Å²) in [6.07, 6.45) is 4.38. The average Bonchev–Trinajstić information content (AvgIpc) is 1.77. The topological polar surface area (TPSA) is 0 Å². The van der Waals surface area contributed by atoms with Crippen molar-refractivity contribution in [1.29, 1.82) is 0 Å². The molecule has 0 aromatic carbocycles. The fourth-order valence-corrected chi connectivity index (χ4v) is 1.29. The molecule has 11 heavy (non-hydrogen) atoms. The second kappa shape index (κ2) is 9.67. The number of hydrogen-bond acceptors (Lipinski definition) is 0. The van der Waals surface area contributed by atoms with Gasteiger partial charge in [0.15, 0.2) is 0 Å². The summed E-state index contributed by atoms with van der Waals surface area (Å²) in [5.41, 5.74) is 0. The number of allylic oxidation sites excluding steroid dienone is 2. The molecular weight excluding hydrogens is 409 g/mol. The zero-order valence-corrected chi connectivity index (χ0v) is 11.0. The average molecular weight is 417 g/mol. The standard InChI is InChI=1S/C6H8Cl2.2ClH.Pt/c7-5-3-1-2-4-6(5)8;;;/h1-4H2;2*1H;/q;;;+2/p-2. The van der Waals surface area contributed by atoms with Crippen LogP contribution in [-0.4, -0.2) is 0 Å². The van der Waals surface area contributed by atoms with Crippen LogP contribution >= 0.6 is 23.2 Å². The first-order valence-electron chi connectivity index (χ1n) is 2.84. The minimum Gasteiger partial charge on any atom is -1.00 e. The maximum atomic E-state index is 5.71. The molecule has 0 atom stereocenters. The third-order valence-corrected chi connectivity index (χ3v) is 2.27. The Balaban J connectivity index is -0.000000213. The molecule has 0 spiro atoms. The SMILES string of the molecule is ClC1=C(Cl)CCCC1.[Cl-].[Cl-].[Pt+2]. The van der Waals surface area contributed by atoms with Gasteiger partial charge in [-0.1, -0.05) is 23.2 Å². The summed E-state index contributed by atoms with van der Waals surface area (Å²) in [5.74, 6) is 0. The van der Waals surface area contributed by atoms with E-state index in [-0.39, 0.29) is 45.9 Å². The Bertz CT molecular complexity index is 110. The second-order valence-corrected chi connectivity index (χ2v) is 2.93. The van der Waals surface area contributed by atoms with E-state index in [1.54, 1.807) is 0 Å². The summed E-state index contributed by atoms with van der Waals surface area (Å²) >= 11 is 11.4. The molecule has 1 aliphatic rings. The van der Waals surface area contributed by atoms with Gasteiger partial charge in [-0.05, 0) is 25.7 Å². The number of hydrogen-bond donors (Lipinski definition) is 0. The Morgan fingerprint density at radius 2 is 1.09 bits per heavy atom. The molecule has 0 unspecified atom stereocenters. The van der Waals surface area contributed by atoms with Crippen molar-refractivity contribution in [2.45, 2.75) is 25.7 Å². The molecule has 0 N–H and O–H groups in total. The van der Waals surface area contributed by atoms with Gasteiger partial charge >= 0.3 is 21.1 Å². The molecule has 0 radical (unpaired) electrons. The van der Waals surface area contributed by atoms with Crippen LogP contribution in [0.3, 0.4) is 0 Å². The van der Waals surface area contributed by atoms with E-state index in [9.17, 15) is 0 Å². The molecule has 0 saturated heterocycles. The van der Waals surface area contributed by atoms with Crippen molar-refractivity contribution in [3.8, 4) is 0 Å². The van der Waals surface area contributed by atoms with Gasteiger partial charge < -0.3 is 24.8 Å². The van der Waals surface area contributed by atoms with E-state index < -0.39 is 0 Å². The predicted octanol–water partition coefficient (Wildman–Crippen LogP) is -2.74. The molecule has 0 aliphatic heterocycles. The van der Waals surface area contributed by atoms with Crippen LogP contribution in [-0.2, 0) is 21.1 Å². The zero-order valence-electron chi connectivity index (χ0n) is 5.66. The Kier molecular flexibility index (Phi) is 16.2. The molecule has 70 valence electrons. The molecule has 0 fully saturated rings. The molecule has 0 aromatic rings. The maximum Gasteiger partial charge on any atom is 2.00 e. The molecule has 0 saturated carbocycles. The van der Waals surface area contributed by atoms with E-state index in [0.29, 0.717) is 0 Å². The van der Waals surface area contributed by atoms with E-state index in [1.165, 1.54) is 12.8 Å². The fourth-order valence-electron chi connectivity index (χ4n) is 0.832. The van der Waals surface area contributed by atoms with Crippen LogP contribution in [0.5, 0.6) is 0 Å². The van der Waals surface area contributed by atoms with Crippen LogP contribution < -0.4 is 24.8 Å². The van der Waals surface area contributed by atoms with Crippen LogP contribution in [0.15, 0.2) is 10.1 Å². The van der Waals surface area contributed by atoms with Crippen molar-refractivity contribution >= 4 is 23.2 Å². The van der Waals surface area contributed by atoms with Crippen molar-refractivity contribution in [3.05, 3.63) is 10.1 Å². The van der Waals surface area contributed by atoms with Crippen LogP contribution in [0.1, 0.15) is 25.7 Å². The van der Waals surface area contributed by atoms with Crippen molar-refractivity contribution < 1.29 is 45.9 Å². The number of rotatable bonds is 0. The summed E-state index contributed by atoms with van der Waals surface area (Å²) in [6.45, 7) is 0. The third-order valence-electron chi connectivity index (χ3n) is 1.34. The van der Waals surface area contributed by atoms with Gasteiger partial charge in [-0.2, -0.15) is 0 Å². The van der Waals surface area contributed by atoms with Crippen molar-refractivity contribution in [2.75, 3.05) is 0 Å².